The van der Waals surface area contributed by atoms with E-state index < -0.39 is 0 Å². The molecule has 1 saturated heterocycles. The van der Waals surface area contributed by atoms with Crippen molar-refractivity contribution in [2.75, 3.05) is 34.4 Å². The highest BCUT2D eigenvalue weighted by Crippen LogP contribution is 2.28. The summed E-state index contributed by atoms with van der Waals surface area (Å²) in [6.07, 6.45) is 4.52. The Morgan fingerprint density at radius 3 is 2.55 bits per heavy atom. The number of methoxy groups -OCH3 is 2. The number of hydrogen-bond donors (Lipinski definition) is 0. The minimum Gasteiger partial charge on any atom is -0.497 e. The van der Waals surface area contributed by atoms with Crippen LogP contribution in [0.2, 0.25) is 0 Å². The summed E-state index contributed by atoms with van der Waals surface area (Å²) in [5.41, 5.74) is 3.08. The molecule has 0 saturated carbocycles. The van der Waals surface area contributed by atoms with Gasteiger partial charge in [-0.2, -0.15) is 5.26 Å². The highest BCUT2D eigenvalue weighted by atomic mass is 16.5. The van der Waals surface area contributed by atoms with E-state index in [1.165, 1.54) is 0 Å². The van der Waals surface area contributed by atoms with Gasteiger partial charge in [-0.3, -0.25) is 0 Å². The smallest absolute Gasteiger partial charge is 0.136 e. The van der Waals surface area contributed by atoms with Gasteiger partial charge in [-0.05, 0) is 61.9 Å². The molecule has 0 atom stereocenters. The van der Waals surface area contributed by atoms with Gasteiger partial charge in [0.15, 0.2) is 0 Å². The second-order valence-corrected chi connectivity index (χ2v) is 8.20. The maximum absolute atomic E-state index is 9.39. The summed E-state index contributed by atoms with van der Waals surface area (Å²) in [6, 6.07) is 15.4. The lowest BCUT2D eigenvalue weighted by atomic mass is 10.1. The molecule has 4 rings (SSSR count). The number of benzene rings is 2. The molecule has 1 fully saturated rings. The fraction of sp³-hybridized carbons (Fsp3) is 0.346. The third-order valence-electron chi connectivity index (χ3n) is 5.83. The van der Waals surface area contributed by atoms with Crippen LogP contribution in [0.5, 0.6) is 17.2 Å². The first-order valence-corrected chi connectivity index (χ1v) is 11.0. The molecule has 0 aliphatic carbocycles. The van der Waals surface area contributed by atoms with Crippen molar-refractivity contribution in [1.29, 1.82) is 5.26 Å². The molecule has 33 heavy (non-hydrogen) atoms. The SMILES string of the molecule is COc1cc(Cc2nccc(-c3ccc(OC)c(C#N)c3)n2)cc(OC2CCN(C)CC2)c1. The molecule has 7 heteroatoms. The van der Waals surface area contributed by atoms with Crippen molar-refractivity contribution in [1.82, 2.24) is 14.9 Å². The third kappa shape index (κ3) is 5.60. The van der Waals surface area contributed by atoms with Crippen molar-refractivity contribution >= 4 is 0 Å². The third-order valence-corrected chi connectivity index (χ3v) is 5.83. The monoisotopic (exact) mass is 444 g/mol. The fourth-order valence-electron chi connectivity index (χ4n) is 4.00. The number of rotatable bonds is 7. The van der Waals surface area contributed by atoms with Gasteiger partial charge in [-0.1, -0.05) is 0 Å². The lowest BCUT2D eigenvalue weighted by Crippen LogP contribution is -2.35. The molecule has 0 bridgehead atoms. The maximum atomic E-state index is 9.39. The Kier molecular flexibility index (Phi) is 7.06. The van der Waals surface area contributed by atoms with Crippen molar-refractivity contribution in [3.8, 4) is 34.6 Å². The number of piperidine rings is 1. The highest BCUT2D eigenvalue weighted by molar-refractivity contribution is 5.64. The Hall–Kier alpha value is -3.63. The molecular formula is C26H28N4O3. The Balaban J connectivity index is 1.55. The average molecular weight is 445 g/mol. The normalized spacial score (nSPS) is 14.5. The minimum atomic E-state index is 0.213. The number of aromatic nitrogens is 2. The predicted molar refractivity (Wildman–Crippen MR) is 126 cm³/mol. The minimum absolute atomic E-state index is 0.213. The van der Waals surface area contributed by atoms with E-state index in [-0.39, 0.29) is 6.10 Å². The number of likely N-dealkylation sites (tertiary alicyclic amines) is 1. The van der Waals surface area contributed by atoms with E-state index in [1.54, 1.807) is 32.5 Å². The Bertz CT molecular complexity index is 1150. The maximum Gasteiger partial charge on any atom is 0.136 e. The summed E-state index contributed by atoms with van der Waals surface area (Å²) in [5, 5.41) is 9.39. The summed E-state index contributed by atoms with van der Waals surface area (Å²) in [5.74, 6) is 2.79. The van der Waals surface area contributed by atoms with Crippen LogP contribution in [0.1, 0.15) is 29.8 Å². The van der Waals surface area contributed by atoms with Crippen molar-refractivity contribution in [3.05, 3.63) is 65.6 Å². The summed E-state index contributed by atoms with van der Waals surface area (Å²) in [4.78, 5) is 11.5. The molecule has 2 heterocycles. The fourth-order valence-corrected chi connectivity index (χ4v) is 4.00. The van der Waals surface area contributed by atoms with E-state index in [9.17, 15) is 5.26 Å². The van der Waals surface area contributed by atoms with Gasteiger partial charge >= 0.3 is 0 Å². The average Bonchev–Trinajstić information content (AvgIpc) is 2.85. The molecule has 1 aliphatic rings. The Morgan fingerprint density at radius 2 is 1.82 bits per heavy atom. The van der Waals surface area contributed by atoms with Gasteiger partial charge in [-0.15, -0.1) is 0 Å². The molecular weight excluding hydrogens is 416 g/mol. The highest BCUT2D eigenvalue weighted by Gasteiger charge is 2.19. The molecule has 7 nitrogen and oxygen atoms in total. The first-order valence-electron chi connectivity index (χ1n) is 11.0. The van der Waals surface area contributed by atoms with Crippen molar-refractivity contribution in [2.45, 2.75) is 25.4 Å². The van der Waals surface area contributed by atoms with Gasteiger partial charge in [0, 0.05) is 37.3 Å². The van der Waals surface area contributed by atoms with E-state index >= 15 is 0 Å². The topological polar surface area (TPSA) is 80.5 Å². The van der Waals surface area contributed by atoms with Crippen LogP contribution in [0, 0.1) is 11.3 Å². The van der Waals surface area contributed by atoms with Crippen LogP contribution in [-0.2, 0) is 6.42 Å². The first-order chi connectivity index (χ1) is 16.1. The van der Waals surface area contributed by atoms with Gasteiger partial charge in [0.2, 0.25) is 0 Å². The molecule has 0 unspecified atom stereocenters. The van der Waals surface area contributed by atoms with Crippen LogP contribution in [0.25, 0.3) is 11.3 Å². The quantitative estimate of drug-likeness (QED) is 0.543. The molecule has 0 radical (unpaired) electrons. The van der Waals surface area contributed by atoms with E-state index in [0.29, 0.717) is 23.6 Å². The lowest BCUT2D eigenvalue weighted by molar-refractivity contribution is 0.114. The molecule has 170 valence electrons. The van der Waals surface area contributed by atoms with E-state index in [1.807, 2.05) is 30.3 Å². The van der Waals surface area contributed by atoms with Gasteiger partial charge in [-0.25, -0.2) is 9.97 Å². The molecule has 3 aromatic rings. The van der Waals surface area contributed by atoms with Crippen LogP contribution in [0.15, 0.2) is 48.7 Å². The van der Waals surface area contributed by atoms with Crippen LogP contribution < -0.4 is 14.2 Å². The van der Waals surface area contributed by atoms with Crippen LogP contribution >= 0.6 is 0 Å². The standard InChI is InChI=1S/C26H28N4O3/c1-30-10-7-21(8-11-30)33-23-13-18(12-22(16-23)31-2)14-26-28-9-6-24(29-26)19-4-5-25(32-3)20(15-19)17-27/h4-6,9,12-13,15-16,21H,7-8,10-11,14H2,1-3H3. The van der Waals surface area contributed by atoms with Gasteiger partial charge < -0.3 is 19.1 Å². The largest absolute Gasteiger partial charge is 0.497 e. The van der Waals surface area contributed by atoms with Gasteiger partial charge in [0.1, 0.15) is 35.2 Å². The van der Waals surface area contributed by atoms with E-state index in [2.05, 4.69) is 23.0 Å². The summed E-state index contributed by atoms with van der Waals surface area (Å²) in [7, 11) is 5.35. The van der Waals surface area contributed by atoms with Crippen LogP contribution in [0.3, 0.4) is 0 Å². The second-order valence-electron chi connectivity index (χ2n) is 8.20. The predicted octanol–water partition coefficient (Wildman–Crippen LogP) is 4.10. The zero-order valence-electron chi connectivity index (χ0n) is 19.2. The summed E-state index contributed by atoms with van der Waals surface area (Å²) in [6.45, 7) is 2.09. The number of hydrogen-bond acceptors (Lipinski definition) is 7. The van der Waals surface area contributed by atoms with Gasteiger partial charge in [0.05, 0.1) is 25.5 Å². The molecule has 2 aromatic carbocycles. The molecule has 0 N–H and O–H groups in total. The first kappa shape index (κ1) is 22.6. The van der Waals surface area contributed by atoms with E-state index in [0.717, 1.165) is 54.3 Å². The van der Waals surface area contributed by atoms with E-state index in [4.69, 9.17) is 19.2 Å². The zero-order chi connectivity index (χ0) is 23.2. The summed E-state index contributed by atoms with van der Waals surface area (Å²) < 4.78 is 17.0. The van der Waals surface area contributed by atoms with Crippen molar-refractivity contribution in [2.24, 2.45) is 0 Å². The zero-order valence-corrected chi connectivity index (χ0v) is 19.2. The van der Waals surface area contributed by atoms with Crippen molar-refractivity contribution in [3.63, 3.8) is 0 Å². The Labute approximate surface area is 194 Å². The number of nitrogens with zero attached hydrogens (tertiary/aromatic N) is 4. The molecule has 0 amide bonds. The molecule has 1 aliphatic heterocycles. The number of nitriles is 1. The van der Waals surface area contributed by atoms with Crippen LogP contribution in [-0.4, -0.2) is 55.3 Å². The Morgan fingerprint density at radius 1 is 1.03 bits per heavy atom. The van der Waals surface area contributed by atoms with Crippen LogP contribution in [0.4, 0.5) is 0 Å². The van der Waals surface area contributed by atoms with Crippen molar-refractivity contribution < 1.29 is 14.2 Å². The molecule has 0 spiro atoms. The number of ether oxygens (including phenoxy) is 3. The van der Waals surface area contributed by atoms with Gasteiger partial charge in [0.25, 0.3) is 0 Å². The summed E-state index contributed by atoms with van der Waals surface area (Å²) >= 11 is 0. The second kappa shape index (κ2) is 10.3. The molecule has 1 aromatic heterocycles. The lowest BCUT2D eigenvalue weighted by Gasteiger charge is -2.29.